The molecule has 0 aromatic carbocycles. The quantitative estimate of drug-likeness (QED) is 0.509. The van der Waals surface area contributed by atoms with E-state index in [4.69, 9.17) is 9.47 Å². The van der Waals surface area contributed by atoms with Gasteiger partial charge in [0, 0.05) is 6.54 Å². The molecule has 0 saturated carbocycles. The van der Waals surface area contributed by atoms with Crippen molar-refractivity contribution in [1.82, 2.24) is 4.90 Å². The van der Waals surface area contributed by atoms with Crippen LogP contribution in [0.5, 0.6) is 0 Å². The molecule has 64 valence electrons. The molecule has 0 aromatic rings. The summed E-state index contributed by atoms with van der Waals surface area (Å²) in [7, 11) is 0. The summed E-state index contributed by atoms with van der Waals surface area (Å²) in [6.45, 7) is 7.77. The number of ether oxygens (including phenoxy) is 2. The largest absolute Gasteiger partial charge is 0.378 e. The molecule has 2 aliphatic heterocycles. The van der Waals surface area contributed by atoms with Gasteiger partial charge in [-0.2, -0.15) is 0 Å². The fourth-order valence-electron chi connectivity index (χ4n) is 1.88. The van der Waals surface area contributed by atoms with E-state index in [1.54, 1.807) is 0 Å². The molecular formula is C8H15NO2. The molecule has 0 amide bonds. The van der Waals surface area contributed by atoms with E-state index in [0.717, 1.165) is 26.4 Å². The molecule has 0 spiro atoms. The molecule has 1 atom stereocenters. The molecular weight excluding hydrogens is 142 g/mol. The molecule has 0 radical (unpaired) electrons. The van der Waals surface area contributed by atoms with Crippen molar-refractivity contribution in [3.63, 3.8) is 0 Å². The maximum Gasteiger partial charge on any atom is 0.116 e. The lowest BCUT2D eigenvalue weighted by atomic mass is 10.2. The molecule has 2 rings (SSSR count). The van der Waals surface area contributed by atoms with E-state index in [-0.39, 0.29) is 5.72 Å². The van der Waals surface area contributed by atoms with Crippen LogP contribution in [0.2, 0.25) is 0 Å². The van der Waals surface area contributed by atoms with Gasteiger partial charge >= 0.3 is 0 Å². The standard InChI is InChI=1S/C8H15NO2/c1-8(2)9-3-4-10-5-7(9)6-11-8/h7H,3-6H2,1-2H3. The number of fused-ring (bicyclic) bond motifs is 1. The Labute approximate surface area is 67.3 Å². The molecule has 0 aliphatic carbocycles. The summed E-state index contributed by atoms with van der Waals surface area (Å²) in [6, 6.07) is 0.499. The Morgan fingerprint density at radius 1 is 1.36 bits per heavy atom. The number of morpholine rings is 1. The highest BCUT2D eigenvalue weighted by Crippen LogP contribution is 2.28. The van der Waals surface area contributed by atoms with Gasteiger partial charge in [0.15, 0.2) is 0 Å². The summed E-state index contributed by atoms with van der Waals surface area (Å²) in [5.74, 6) is 0. The molecule has 2 heterocycles. The summed E-state index contributed by atoms with van der Waals surface area (Å²) >= 11 is 0. The average molecular weight is 157 g/mol. The minimum Gasteiger partial charge on any atom is -0.378 e. The van der Waals surface area contributed by atoms with E-state index in [1.165, 1.54) is 0 Å². The van der Waals surface area contributed by atoms with Gasteiger partial charge in [0.05, 0.1) is 25.9 Å². The highest BCUT2D eigenvalue weighted by molar-refractivity contribution is 4.88. The number of hydrogen-bond donors (Lipinski definition) is 0. The lowest BCUT2D eigenvalue weighted by Gasteiger charge is -2.36. The van der Waals surface area contributed by atoms with Crippen LogP contribution in [0, 0.1) is 0 Å². The van der Waals surface area contributed by atoms with E-state index in [9.17, 15) is 0 Å². The van der Waals surface area contributed by atoms with Crippen LogP contribution in [0.25, 0.3) is 0 Å². The molecule has 2 aliphatic rings. The smallest absolute Gasteiger partial charge is 0.116 e. The van der Waals surface area contributed by atoms with Crippen LogP contribution >= 0.6 is 0 Å². The normalized spacial score (nSPS) is 37.1. The van der Waals surface area contributed by atoms with Gasteiger partial charge in [0.25, 0.3) is 0 Å². The topological polar surface area (TPSA) is 21.7 Å². The summed E-state index contributed by atoms with van der Waals surface area (Å²) in [6.07, 6.45) is 0. The Morgan fingerprint density at radius 2 is 2.18 bits per heavy atom. The van der Waals surface area contributed by atoms with Crippen LogP contribution in [-0.4, -0.2) is 43.0 Å². The second-order valence-electron chi connectivity index (χ2n) is 3.68. The van der Waals surface area contributed by atoms with Gasteiger partial charge in [-0.25, -0.2) is 0 Å². The second kappa shape index (κ2) is 2.44. The van der Waals surface area contributed by atoms with Gasteiger partial charge in [-0.1, -0.05) is 0 Å². The number of rotatable bonds is 0. The Bertz CT molecular complexity index is 158. The minimum atomic E-state index is -0.0611. The lowest BCUT2D eigenvalue weighted by molar-refractivity contribution is -0.0823. The highest BCUT2D eigenvalue weighted by Gasteiger charge is 2.41. The third-order valence-corrected chi connectivity index (χ3v) is 2.55. The Kier molecular flexibility index (Phi) is 1.67. The van der Waals surface area contributed by atoms with Crippen molar-refractivity contribution in [1.29, 1.82) is 0 Å². The maximum absolute atomic E-state index is 5.63. The molecule has 2 saturated heterocycles. The van der Waals surface area contributed by atoms with Gasteiger partial charge in [-0.15, -0.1) is 0 Å². The van der Waals surface area contributed by atoms with Crippen LogP contribution < -0.4 is 0 Å². The first-order valence-corrected chi connectivity index (χ1v) is 4.18. The van der Waals surface area contributed by atoms with E-state index >= 15 is 0 Å². The Balaban J connectivity index is 2.10. The zero-order chi connectivity index (χ0) is 7.90. The van der Waals surface area contributed by atoms with Crippen molar-refractivity contribution in [3.05, 3.63) is 0 Å². The predicted molar refractivity (Wildman–Crippen MR) is 41.3 cm³/mol. The highest BCUT2D eigenvalue weighted by atomic mass is 16.5. The van der Waals surface area contributed by atoms with E-state index < -0.39 is 0 Å². The van der Waals surface area contributed by atoms with Crippen molar-refractivity contribution in [3.8, 4) is 0 Å². The lowest BCUT2D eigenvalue weighted by Crippen LogP contribution is -2.50. The van der Waals surface area contributed by atoms with Crippen molar-refractivity contribution in [2.45, 2.75) is 25.6 Å². The third kappa shape index (κ3) is 1.17. The van der Waals surface area contributed by atoms with Crippen molar-refractivity contribution >= 4 is 0 Å². The summed E-state index contributed by atoms with van der Waals surface area (Å²) < 4.78 is 11.0. The van der Waals surface area contributed by atoms with Gasteiger partial charge < -0.3 is 9.47 Å². The van der Waals surface area contributed by atoms with Crippen molar-refractivity contribution < 1.29 is 9.47 Å². The summed E-state index contributed by atoms with van der Waals surface area (Å²) in [5.41, 5.74) is -0.0611. The van der Waals surface area contributed by atoms with E-state index in [0.29, 0.717) is 6.04 Å². The first-order valence-electron chi connectivity index (χ1n) is 4.18. The van der Waals surface area contributed by atoms with E-state index in [2.05, 4.69) is 18.7 Å². The molecule has 3 heteroatoms. The summed E-state index contributed by atoms with van der Waals surface area (Å²) in [4.78, 5) is 2.39. The first kappa shape index (κ1) is 7.53. The fraction of sp³-hybridized carbons (Fsp3) is 1.00. The summed E-state index contributed by atoms with van der Waals surface area (Å²) in [5, 5.41) is 0. The zero-order valence-corrected chi connectivity index (χ0v) is 7.17. The van der Waals surface area contributed by atoms with Gasteiger partial charge in [-0.3, -0.25) is 4.90 Å². The molecule has 0 bridgehead atoms. The number of hydrogen-bond acceptors (Lipinski definition) is 3. The number of nitrogens with zero attached hydrogens (tertiary/aromatic N) is 1. The molecule has 0 N–H and O–H groups in total. The van der Waals surface area contributed by atoms with Gasteiger partial charge in [0.1, 0.15) is 5.72 Å². The van der Waals surface area contributed by atoms with E-state index in [1.807, 2.05) is 0 Å². The average Bonchev–Trinajstić information content (AvgIpc) is 2.29. The van der Waals surface area contributed by atoms with Gasteiger partial charge in [0.2, 0.25) is 0 Å². The zero-order valence-electron chi connectivity index (χ0n) is 7.17. The Hall–Kier alpha value is -0.120. The third-order valence-electron chi connectivity index (χ3n) is 2.55. The van der Waals surface area contributed by atoms with Crippen LogP contribution in [0.4, 0.5) is 0 Å². The van der Waals surface area contributed by atoms with Crippen molar-refractivity contribution in [2.75, 3.05) is 26.4 Å². The molecule has 2 fully saturated rings. The molecule has 3 nitrogen and oxygen atoms in total. The SMILES string of the molecule is CC1(C)OCC2COCCN21. The molecule has 1 unspecified atom stereocenters. The van der Waals surface area contributed by atoms with Gasteiger partial charge in [-0.05, 0) is 13.8 Å². The van der Waals surface area contributed by atoms with Crippen molar-refractivity contribution in [2.24, 2.45) is 0 Å². The monoisotopic (exact) mass is 157 g/mol. The maximum atomic E-state index is 5.63. The van der Waals surface area contributed by atoms with Crippen LogP contribution in [-0.2, 0) is 9.47 Å². The van der Waals surface area contributed by atoms with Crippen LogP contribution in [0.15, 0.2) is 0 Å². The fourth-order valence-corrected chi connectivity index (χ4v) is 1.88. The van der Waals surface area contributed by atoms with Crippen LogP contribution in [0.1, 0.15) is 13.8 Å². The predicted octanol–water partition coefficient (Wildman–Crippen LogP) is 0.454. The minimum absolute atomic E-state index is 0.0611. The Morgan fingerprint density at radius 3 is 2.91 bits per heavy atom. The van der Waals surface area contributed by atoms with Crippen LogP contribution in [0.3, 0.4) is 0 Å². The second-order valence-corrected chi connectivity index (χ2v) is 3.68. The first-order chi connectivity index (χ1) is 5.20. The molecule has 0 aromatic heterocycles. The molecule has 11 heavy (non-hydrogen) atoms.